The molecule has 66 heavy (non-hydrogen) atoms. The van der Waals surface area contributed by atoms with E-state index in [1.807, 2.05) is 0 Å². The van der Waals surface area contributed by atoms with Gasteiger partial charge in [-0.3, -0.25) is 4.79 Å². The quantitative estimate of drug-likeness (QED) is 0.0330. The summed E-state index contributed by atoms with van der Waals surface area (Å²) in [5.41, 5.74) is 0. The lowest BCUT2D eigenvalue weighted by Gasteiger charge is -2.40. The minimum absolute atomic E-state index is 0.131. The molecule has 0 aromatic heterocycles. The Hall–Kier alpha value is -0.810. The van der Waals surface area contributed by atoms with E-state index in [9.17, 15) is 30.3 Å². The molecule has 0 saturated carbocycles. The number of carbonyl (C=O) groups is 1. The fourth-order valence-electron chi connectivity index (χ4n) is 9.81. The highest BCUT2D eigenvalue weighted by Crippen LogP contribution is 2.23. The van der Waals surface area contributed by atoms with Crippen molar-refractivity contribution in [2.75, 3.05) is 13.2 Å². The van der Waals surface area contributed by atoms with Gasteiger partial charge in [0.25, 0.3) is 0 Å². The molecule has 0 spiro atoms. The lowest BCUT2D eigenvalue weighted by atomic mass is 9.99. The molecule has 0 aromatic carbocycles. The molecular formula is C57H113NO8. The molecule has 394 valence electrons. The van der Waals surface area contributed by atoms with Crippen molar-refractivity contribution in [1.82, 2.24) is 5.32 Å². The van der Waals surface area contributed by atoms with Crippen molar-refractivity contribution in [2.24, 2.45) is 0 Å². The summed E-state index contributed by atoms with van der Waals surface area (Å²) in [5.74, 6) is -0.136. The van der Waals surface area contributed by atoms with Crippen LogP contribution in [0.3, 0.4) is 0 Å². The fourth-order valence-corrected chi connectivity index (χ4v) is 9.81. The summed E-state index contributed by atoms with van der Waals surface area (Å²) < 4.78 is 11.3. The van der Waals surface area contributed by atoms with E-state index in [1.165, 1.54) is 238 Å². The molecule has 9 heteroatoms. The van der Waals surface area contributed by atoms with Gasteiger partial charge in [-0.25, -0.2) is 0 Å². The van der Waals surface area contributed by atoms with E-state index >= 15 is 0 Å². The Labute approximate surface area is 408 Å². The molecular weight excluding hydrogens is 827 g/mol. The molecule has 1 aliphatic heterocycles. The van der Waals surface area contributed by atoms with E-state index in [-0.39, 0.29) is 12.5 Å². The van der Waals surface area contributed by atoms with Gasteiger partial charge >= 0.3 is 0 Å². The molecule has 1 heterocycles. The number of hydrogen-bond acceptors (Lipinski definition) is 8. The second-order valence-corrected chi connectivity index (χ2v) is 20.8. The summed E-state index contributed by atoms with van der Waals surface area (Å²) in [7, 11) is 0. The normalized spacial score (nSPS) is 19.7. The minimum Gasteiger partial charge on any atom is -0.394 e. The maximum absolute atomic E-state index is 13.1. The topological polar surface area (TPSA) is 149 Å². The number of unbranched alkanes of at least 4 members (excludes halogenated alkanes) is 41. The molecule has 1 aliphatic rings. The first-order valence-electron chi connectivity index (χ1n) is 29.2. The zero-order valence-electron chi connectivity index (χ0n) is 43.7. The lowest BCUT2D eigenvalue weighted by Crippen LogP contribution is -2.60. The van der Waals surface area contributed by atoms with Crippen molar-refractivity contribution >= 4 is 5.91 Å². The molecule has 1 fully saturated rings. The third-order valence-electron chi connectivity index (χ3n) is 14.5. The summed E-state index contributed by atoms with van der Waals surface area (Å²) in [6.07, 6.45) is 49.9. The zero-order valence-corrected chi connectivity index (χ0v) is 43.7. The zero-order chi connectivity index (χ0) is 48.0. The number of rotatable bonds is 51. The van der Waals surface area contributed by atoms with Gasteiger partial charge in [-0.15, -0.1) is 0 Å². The smallest absolute Gasteiger partial charge is 0.220 e. The molecule has 1 rings (SSSR count). The van der Waals surface area contributed by atoms with Crippen molar-refractivity contribution in [1.29, 1.82) is 0 Å². The Morgan fingerprint density at radius 2 is 0.758 bits per heavy atom. The van der Waals surface area contributed by atoms with Gasteiger partial charge in [0.2, 0.25) is 5.91 Å². The van der Waals surface area contributed by atoms with Gasteiger partial charge in [-0.05, 0) is 12.8 Å². The minimum atomic E-state index is -1.55. The molecule has 1 amide bonds. The number of hydrogen-bond donors (Lipinski definition) is 6. The van der Waals surface area contributed by atoms with Crippen LogP contribution < -0.4 is 5.32 Å². The predicted molar refractivity (Wildman–Crippen MR) is 277 cm³/mol. The Balaban J connectivity index is 2.18. The highest BCUT2D eigenvalue weighted by atomic mass is 16.7. The van der Waals surface area contributed by atoms with Gasteiger partial charge in [0.05, 0.1) is 25.4 Å². The van der Waals surface area contributed by atoms with Crippen molar-refractivity contribution < 1.29 is 39.8 Å². The van der Waals surface area contributed by atoms with Crippen LogP contribution in [0.1, 0.15) is 303 Å². The van der Waals surface area contributed by atoms with Crippen molar-refractivity contribution in [3.8, 4) is 0 Å². The first-order chi connectivity index (χ1) is 32.3. The number of nitrogens with one attached hydrogen (secondary N) is 1. The van der Waals surface area contributed by atoms with E-state index in [0.717, 1.165) is 38.5 Å². The summed E-state index contributed by atoms with van der Waals surface area (Å²) in [6, 6.07) is -0.713. The number of aliphatic hydroxyl groups excluding tert-OH is 5. The van der Waals surface area contributed by atoms with Crippen LogP contribution in [0, 0.1) is 0 Å². The molecule has 0 aliphatic carbocycles. The summed E-state index contributed by atoms with van der Waals surface area (Å²) in [5, 5.41) is 54.7. The maximum atomic E-state index is 13.1. The molecule has 6 N–H and O–H groups in total. The monoisotopic (exact) mass is 940 g/mol. The number of carbonyl (C=O) groups excluding carboxylic acids is 1. The lowest BCUT2D eigenvalue weighted by molar-refractivity contribution is -0.302. The molecule has 0 bridgehead atoms. The fraction of sp³-hybridized carbons (Fsp3) is 0.982. The van der Waals surface area contributed by atoms with Crippen LogP contribution in [0.4, 0.5) is 0 Å². The number of amides is 1. The van der Waals surface area contributed by atoms with E-state index in [1.54, 1.807) is 0 Å². The van der Waals surface area contributed by atoms with E-state index in [0.29, 0.717) is 12.8 Å². The molecule has 7 atom stereocenters. The average molecular weight is 941 g/mol. The van der Waals surface area contributed by atoms with Gasteiger partial charge in [-0.1, -0.05) is 284 Å². The van der Waals surface area contributed by atoms with Gasteiger partial charge < -0.3 is 40.3 Å². The summed E-state index contributed by atoms with van der Waals surface area (Å²) >= 11 is 0. The SMILES string of the molecule is CCCCCCCCCCCCCCCCCCCCCCCCCCCC(O)C(COC1OC(CO)C(O)C(O)C1O)NC(=O)CCCCCCCCCCCCCCCCCCCC. The first-order valence-corrected chi connectivity index (χ1v) is 29.2. The largest absolute Gasteiger partial charge is 0.394 e. The van der Waals surface area contributed by atoms with Crippen LogP contribution in [-0.4, -0.2) is 87.5 Å². The van der Waals surface area contributed by atoms with Crippen molar-refractivity contribution in [3.05, 3.63) is 0 Å². The Morgan fingerprint density at radius 1 is 0.455 bits per heavy atom. The van der Waals surface area contributed by atoms with Crippen molar-refractivity contribution in [3.63, 3.8) is 0 Å². The van der Waals surface area contributed by atoms with Gasteiger partial charge in [0.15, 0.2) is 6.29 Å². The third-order valence-corrected chi connectivity index (χ3v) is 14.5. The highest BCUT2D eigenvalue weighted by Gasteiger charge is 2.44. The second-order valence-electron chi connectivity index (χ2n) is 20.8. The van der Waals surface area contributed by atoms with Crippen molar-refractivity contribution in [2.45, 2.75) is 346 Å². The van der Waals surface area contributed by atoms with Crippen LogP contribution in [0.2, 0.25) is 0 Å². The highest BCUT2D eigenvalue weighted by molar-refractivity contribution is 5.76. The van der Waals surface area contributed by atoms with Gasteiger partial charge in [0.1, 0.15) is 24.4 Å². The second kappa shape index (κ2) is 47.8. The Bertz CT molecular complexity index is 1000. The molecule has 7 unspecified atom stereocenters. The number of ether oxygens (including phenoxy) is 2. The van der Waals surface area contributed by atoms with Crippen LogP contribution in [0.15, 0.2) is 0 Å². The molecule has 0 aromatic rings. The molecule has 1 saturated heterocycles. The number of aliphatic hydroxyl groups is 5. The van der Waals surface area contributed by atoms with E-state index in [4.69, 9.17) is 9.47 Å². The van der Waals surface area contributed by atoms with Crippen LogP contribution in [0.5, 0.6) is 0 Å². The Morgan fingerprint density at radius 3 is 1.08 bits per heavy atom. The molecule has 9 nitrogen and oxygen atoms in total. The van der Waals surface area contributed by atoms with Gasteiger partial charge in [-0.2, -0.15) is 0 Å². The van der Waals surface area contributed by atoms with Gasteiger partial charge in [0, 0.05) is 6.42 Å². The maximum Gasteiger partial charge on any atom is 0.220 e. The van der Waals surface area contributed by atoms with E-state index < -0.39 is 49.5 Å². The van der Waals surface area contributed by atoms with Crippen LogP contribution in [-0.2, 0) is 14.3 Å². The third kappa shape index (κ3) is 37.1. The Kier molecular flexibility index (Phi) is 45.8. The summed E-state index contributed by atoms with van der Waals surface area (Å²) in [4.78, 5) is 13.1. The molecule has 0 radical (unpaired) electrons. The van der Waals surface area contributed by atoms with E-state index in [2.05, 4.69) is 19.2 Å². The predicted octanol–water partition coefficient (Wildman–Crippen LogP) is 14.2. The average Bonchev–Trinajstić information content (AvgIpc) is 3.32. The summed E-state index contributed by atoms with van der Waals surface area (Å²) in [6.45, 7) is 3.89. The first kappa shape index (κ1) is 63.2. The van der Waals surface area contributed by atoms with Crippen LogP contribution >= 0.6 is 0 Å². The standard InChI is InChI=1S/C57H113NO8/c1-3-5-7-9-11-13-15-17-19-21-23-24-25-26-27-28-29-30-32-34-36-38-40-42-44-46-51(60)50(49-65-57-56(64)55(63)54(62)52(48-59)66-57)58-53(61)47-45-43-41-39-37-35-33-31-22-20-18-16-14-12-10-8-6-4-2/h50-52,54-57,59-60,62-64H,3-49H2,1-2H3,(H,58,61). The van der Waals surface area contributed by atoms with Crippen LogP contribution in [0.25, 0.3) is 0 Å².